The number of hydrogen-bond donors (Lipinski definition) is 4. The number of aliphatic hydroxyl groups is 1. The molecule has 3 aromatic rings. The molecule has 2 amide bonds. The number of nitrogens with zero attached hydrogens (tertiary/aromatic N) is 2. The van der Waals surface area contributed by atoms with Crippen molar-refractivity contribution in [3.05, 3.63) is 66.2 Å². The van der Waals surface area contributed by atoms with Gasteiger partial charge in [-0.25, -0.2) is 4.79 Å². The number of primary amides is 1. The molecular weight excluding hydrogens is 530 g/mol. The van der Waals surface area contributed by atoms with Gasteiger partial charge in [0.15, 0.2) is 5.82 Å². The summed E-state index contributed by atoms with van der Waals surface area (Å²) in [6.45, 7) is 5.60. The van der Waals surface area contributed by atoms with Crippen molar-refractivity contribution in [2.24, 2.45) is 23.3 Å². The van der Waals surface area contributed by atoms with Gasteiger partial charge in [0.05, 0.1) is 5.60 Å². The first kappa shape index (κ1) is 29.7. The first-order valence-electron chi connectivity index (χ1n) is 14.7. The molecule has 42 heavy (non-hydrogen) atoms. The maximum absolute atomic E-state index is 13.0. The number of amides is 2. The lowest BCUT2D eigenvalue weighted by atomic mass is 9.63. The molecule has 1 heterocycles. The van der Waals surface area contributed by atoms with Crippen LogP contribution in [0.5, 0.6) is 0 Å². The van der Waals surface area contributed by atoms with Crippen molar-refractivity contribution in [1.29, 1.82) is 0 Å². The van der Waals surface area contributed by atoms with E-state index < -0.39 is 22.8 Å². The molecule has 0 saturated heterocycles. The van der Waals surface area contributed by atoms with Gasteiger partial charge < -0.3 is 26.6 Å². The van der Waals surface area contributed by atoms with Crippen molar-refractivity contribution in [3.63, 3.8) is 0 Å². The largest absolute Gasteiger partial charge is 0.443 e. The molecule has 9 heteroatoms. The van der Waals surface area contributed by atoms with Crippen LogP contribution in [0.25, 0.3) is 22.4 Å². The fourth-order valence-corrected chi connectivity index (χ4v) is 6.84. The predicted molar refractivity (Wildman–Crippen MR) is 162 cm³/mol. The van der Waals surface area contributed by atoms with Crippen LogP contribution < -0.4 is 16.8 Å². The monoisotopic (exact) mass is 571 g/mol. The molecule has 0 atom stereocenters. The quantitative estimate of drug-likeness (QED) is 0.278. The lowest BCUT2D eigenvalue weighted by Crippen LogP contribution is -2.58. The Labute approximate surface area is 247 Å². The third kappa shape index (κ3) is 6.63. The van der Waals surface area contributed by atoms with Gasteiger partial charge in [-0.05, 0) is 88.3 Å². The highest BCUT2D eigenvalue weighted by atomic mass is 16.6. The molecule has 222 valence electrons. The number of carbonyl (C=O) groups is 2. The zero-order valence-electron chi connectivity index (χ0n) is 24.6. The second kappa shape index (κ2) is 11.5. The first-order chi connectivity index (χ1) is 19.8. The Morgan fingerprint density at radius 1 is 1.00 bits per heavy atom. The Bertz CT molecular complexity index is 1420. The highest BCUT2D eigenvalue weighted by Gasteiger charge is 2.49. The van der Waals surface area contributed by atoms with Crippen LogP contribution in [0, 0.1) is 11.8 Å². The standard InChI is InChI=1S/C33H41N5O4/c1-31(2,42-30(34)40)24-13-9-21(10-14-24)17-28(39)36-27-18-26(22-7-5-4-6-8-22)29(38-37-27)23-11-15-25(16-12-23)33(35)19-32(3,41)20-33/h4-8,11-12,15-16,18,21,24,41H,9-10,13-14,17,19-20,35H2,1-3H3,(H2,34,40)(H,36,37,39). The second-order valence-corrected chi connectivity index (χ2v) is 12.9. The number of nitrogens with one attached hydrogen (secondary N) is 1. The van der Waals surface area contributed by atoms with E-state index >= 15 is 0 Å². The van der Waals surface area contributed by atoms with E-state index in [1.807, 2.05) is 81.4 Å². The number of hydrogen-bond acceptors (Lipinski definition) is 7. The molecule has 2 aliphatic carbocycles. The molecule has 2 fully saturated rings. The van der Waals surface area contributed by atoms with Crippen LogP contribution in [0.15, 0.2) is 60.7 Å². The normalized spacial score (nSPS) is 25.7. The van der Waals surface area contributed by atoms with Gasteiger partial charge in [-0.3, -0.25) is 4.79 Å². The topological polar surface area (TPSA) is 153 Å². The highest BCUT2D eigenvalue weighted by Crippen LogP contribution is 2.46. The summed E-state index contributed by atoms with van der Waals surface area (Å²) in [6, 6.07) is 19.7. The zero-order chi connectivity index (χ0) is 30.1. The molecule has 0 aliphatic heterocycles. The minimum Gasteiger partial charge on any atom is -0.443 e. The number of carbonyl (C=O) groups excluding carboxylic acids is 2. The van der Waals surface area contributed by atoms with Crippen LogP contribution in [0.3, 0.4) is 0 Å². The van der Waals surface area contributed by atoms with E-state index in [2.05, 4.69) is 15.5 Å². The van der Waals surface area contributed by atoms with Gasteiger partial charge in [0.1, 0.15) is 11.3 Å². The third-order valence-electron chi connectivity index (χ3n) is 8.94. The summed E-state index contributed by atoms with van der Waals surface area (Å²) < 4.78 is 5.33. The molecule has 2 aromatic carbocycles. The number of aromatic nitrogens is 2. The van der Waals surface area contributed by atoms with Crippen LogP contribution in [0.1, 0.15) is 71.3 Å². The van der Waals surface area contributed by atoms with Gasteiger partial charge in [-0.15, -0.1) is 10.2 Å². The lowest BCUT2D eigenvalue weighted by molar-refractivity contribution is -0.117. The molecule has 6 N–H and O–H groups in total. The average Bonchev–Trinajstić information content (AvgIpc) is 2.92. The molecule has 5 rings (SSSR count). The summed E-state index contributed by atoms with van der Waals surface area (Å²) in [6.07, 6.45) is 4.17. The van der Waals surface area contributed by atoms with Crippen LogP contribution >= 0.6 is 0 Å². The van der Waals surface area contributed by atoms with Crippen molar-refractivity contribution < 1.29 is 19.4 Å². The molecule has 0 unspecified atom stereocenters. The van der Waals surface area contributed by atoms with E-state index in [0.717, 1.165) is 47.9 Å². The number of anilines is 1. The van der Waals surface area contributed by atoms with Crippen molar-refractivity contribution in [2.45, 2.75) is 82.5 Å². The minimum atomic E-state index is -0.756. The summed E-state index contributed by atoms with van der Waals surface area (Å²) in [5.41, 5.74) is 14.3. The van der Waals surface area contributed by atoms with Crippen molar-refractivity contribution >= 4 is 17.8 Å². The van der Waals surface area contributed by atoms with E-state index in [1.54, 1.807) is 0 Å². The van der Waals surface area contributed by atoms with Gasteiger partial charge in [0.25, 0.3) is 0 Å². The maximum Gasteiger partial charge on any atom is 0.405 e. The summed E-state index contributed by atoms with van der Waals surface area (Å²) in [7, 11) is 0. The molecule has 0 bridgehead atoms. The molecule has 9 nitrogen and oxygen atoms in total. The van der Waals surface area contributed by atoms with Crippen molar-refractivity contribution in [3.8, 4) is 22.4 Å². The second-order valence-electron chi connectivity index (χ2n) is 12.9. The minimum absolute atomic E-state index is 0.0962. The van der Waals surface area contributed by atoms with Gasteiger partial charge in [-0.1, -0.05) is 54.6 Å². The zero-order valence-corrected chi connectivity index (χ0v) is 24.6. The van der Waals surface area contributed by atoms with E-state index in [4.69, 9.17) is 16.2 Å². The van der Waals surface area contributed by atoms with Gasteiger partial charge in [0.2, 0.25) is 5.91 Å². The molecule has 1 aromatic heterocycles. The van der Waals surface area contributed by atoms with Gasteiger partial charge in [0, 0.05) is 23.1 Å². The Morgan fingerprint density at radius 3 is 2.24 bits per heavy atom. The average molecular weight is 572 g/mol. The van der Waals surface area contributed by atoms with E-state index in [1.165, 1.54) is 0 Å². The number of rotatable bonds is 8. The predicted octanol–water partition coefficient (Wildman–Crippen LogP) is 5.52. The van der Waals surface area contributed by atoms with Crippen LogP contribution in [-0.4, -0.2) is 38.5 Å². The van der Waals surface area contributed by atoms with Gasteiger partial charge >= 0.3 is 6.09 Å². The van der Waals surface area contributed by atoms with Crippen LogP contribution in [-0.2, 0) is 15.1 Å². The lowest BCUT2D eigenvalue weighted by Gasteiger charge is -2.49. The van der Waals surface area contributed by atoms with Crippen molar-refractivity contribution in [1.82, 2.24) is 10.2 Å². The Hall–Kier alpha value is -3.82. The molecule has 0 radical (unpaired) electrons. The fourth-order valence-electron chi connectivity index (χ4n) is 6.84. The fraction of sp³-hybridized carbons (Fsp3) is 0.455. The van der Waals surface area contributed by atoms with Crippen molar-refractivity contribution in [2.75, 3.05) is 5.32 Å². The van der Waals surface area contributed by atoms with Gasteiger partial charge in [-0.2, -0.15) is 0 Å². The summed E-state index contributed by atoms with van der Waals surface area (Å²) in [5.74, 6) is 0.766. The molecule has 2 aliphatic rings. The SMILES string of the molecule is CC1(O)CC(N)(c2ccc(-c3nnc(NC(=O)CC4CCC(C(C)(C)OC(N)=O)CC4)cc3-c3ccccc3)cc2)C1. The third-order valence-corrected chi connectivity index (χ3v) is 8.94. The number of benzene rings is 2. The van der Waals surface area contributed by atoms with Crippen LogP contribution in [0.2, 0.25) is 0 Å². The summed E-state index contributed by atoms with van der Waals surface area (Å²) in [4.78, 5) is 24.3. The molecule has 0 spiro atoms. The Kier molecular flexibility index (Phi) is 8.09. The Balaban J connectivity index is 1.28. The molecular formula is C33H41N5O4. The van der Waals surface area contributed by atoms with E-state index in [-0.39, 0.29) is 17.7 Å². The van der Waals surface area contributed by atoms with E-state index in [9.17, 15) is 14.7 Å². The summed E-state index contributed by atoms with van der Waals surface area (Å²) in [5, 5.41) is 22.1. The number of ether oxygens (including phenoxy) is 1. The highest BCUT2D eigenvalue weighted by molar-refractivity contribution is 5.91. The first-order valence-corrected chi connectivity index (χ1v) is 14.7. The van der Waals surface area contributed by atoms with Crippen LogP contribution in [0.4, 0.5) is 10.6 Å². The summed E-state index contributed by atoms with van der Waals surface area (Å²) >= 11 is 0. The Morgan fingerprint density at radius 2 is 1.64 bits per heavy atom. The number of nitrogens with two attached hydrogens (primary N) is 2. The molecule has 2 saturated carbocycles. The smallest absolute Gasteiger partial charge is 0.405 e. The maximum atomic E-state index is 13.0. The van der Waals surface area contributed by atoms with E-state index in [0.29, 0.717) is 30.8 Å².